The lowest BCUT2D eigenvalue weighted by molar-refractivity contribution is 0.102. The molecule has 0 aliphatic rings. The number of sulfonamides is 1. The number of nitrogens with one attached hydrogen (secondary N) is 1. The second-order valence-corrected chi connectivity index (χ2v) is 7.97. The molecule has 0 spiro atoms. The van der Waals surface area contributed by atoms with Crippen LogP contribution in [0.25, 0.3) is 0 Å². The first-order valence-electron chi connectivity index (χ1n) is 6.61. The fraction of sp³-hybridized carbons (Fsp3) is 0.133. The van der Waals surface area contributed by atoms with Gasteiger partial charge in [0.25, 0.3) is 5.91 Å². The summed E-state index contributed by atoms with van der Waals surface area (Å²) in [6.45, 7) is 0. The van der Waals surface area contributed by atoms with Crippen LogP contribution < -0.4 is 5.32 Å². The average Bonchev–Trinajstić information content (AvgIpc) is 2.50. The monoisotopic (exact) mass is 390 g/mol. The first-order valence-corrected chi connectivity index (χ1v) is 8.81. The molecule has 0 saturated carbocycles. The van der Waals surface area contributed by atoms with Gasteiger partial charge in [-0.3, -0.25) is 4.79 Å². The lowest BCUT2D eigenvalue weighted by Crippen LogP contribution is -2.23. The molecule has 0 atom stereocenters. The van der Waals surface area contributed by atoms with Crippen molar-refractivity contribution >= 4 is 44.8 Å². The van der Waals surface area contributed by atoms with E-state index in [2.05, 4.69) is 5.32 Å². The van der Waals surface area contributed by atoms with Gasteiger partial charge < -0.3 is 5.32 Å². The van der Waals surface area contributed by atoms with Crippen molar-refractivity contribution in [1.29, 1.82) is 0 Å². The Morgan fingerprint density at radius 3 is 2.38 bits per heavy atom. The van der Waals surface area contributed by atoms with Crippen LogP contribution in [0.5, 0.6) is 0 Å². The molecule has 5 nitrogen and oxygen atoms in total. The fourth-order valence-electron chi connectivity index (χ4n) is 1.82. The number of carbonyl (C=O) groups is 1. The first-order chi connectivity index (χ1) is 11.1. The normalized spacial score (nSPS) is 11.6. The van der Waals surface area contributed by atoms with Crippen molar-refractivity contribution < 1.29 is 17.6 Å². The third-order valence-corrected chi connectivity index (χ3v) is 5.66. The van der Waals surface area contributed by atoms with Gasteiger partial charge in [0.05, 0.1) is 10.7 Å². The first kappa shape index (κ1) is 18.7. The predicted molar refractivity (Wildman–Crippen MR) is 91.7 cm³/mol. The van der Waals surface area contributed by atoms with Gasteiger partial charge in [0.2, 0.25) is 10.0 Å². The number of nitrogens with zero attached hydrogens (tertiary/aromatic N) is 1. The van der Waals surface area contributed by atoms with E-state index in [0.29, 0.717) is 0 Å². The molecule has 1 amide bonds. The van der Waals surface area contributed by atoms with Gasteiger partial charge in [0.1, 0.15) is 10.7 Å². The molecule has 0 aliphatic heterocycles. The minimum atomic E-state index is -3.82. The Bertz CT molecular complexity index is 902. The molecule has 1 N–H and O–H groups in total. The highest BCUT2D eigenvalue weighted by molar-refractivity contribution is 7.89. The van der Waals surface area contributed by atoms with E-state index in [4.69, 9.17) is 23.2 Å². The van der Waals surface area contributed by atoms with E-state index in [0.717, 1.165) is 16.4 Å². The van der Waals surface area contributed by atoms with Gasteiger partial charge in [0, 0.05) is 24.7 Å². The predicted octanol–water partition coefficient (Wildman–Crippen LogP) is 3.64. The quantitative estimate of drug-likeness (QED) is 0.866. The van der Waals surface area contributed by atoms with Crippen LogP contribution in [-0.4, -0.2) is 32.7 Å². The minimum absolute atomic E-state index is 0.0158. The van der Waals surface area contributed by atoms with Gasteiger partial charge in [-0.05, 0) is 36.4 Å². The summed E-state index contributed by atoms with van der Waals surface area (Å²) in [7, 11) is -1.12. The zero-order valence-electron chi connectivity index (χ0n) is 12.7. The average molecular weight is 391 g/mol. The van der Waals surface area contributed by atoms with Crippen LogP contribution in [0.3, 0.4) is 0 Å². The summed E-state index contributed by atoms with van der Waals surface area (Å²) in [5.41, 5.74) is -0.0504. The topological polar surface area (TPSA) is 66.5 Å². The van der Waals surface area contributed by atoms with Gasteiger partial charge in [-0.25, -0.2) is 17.1 Å². The molecule has 0 unspecified atom stereocenters. The molecule has 0 heterocycles. The van der Waals surface area contributed by atoms with Gasteiger partial charge >= 0.3 is 0 Å². The van der Waals surface area contributed by atoms with E-state index in [1.54, 1.807) is 0 Å². The number of amides is 1. The Labute approximate surface area is 149 Å². The summed E-state index contributed by atoms with van der Waals surface area (Å²) < 4.78 is 39.1. The van der Waals surface area contributed by atoms with Crippen molar-refractivity contribution in [3.8, 4) is 0 Å². The second-order valence-electron chi connectivity index (χ2n) is 5.01. The summed E-state index contributed by atoms with van der Waals surface area (Å²) in [6.07, 6.45) is 0. The van der Waals surface area contributed by atoms with E-state index < -0.39 is 21.7 Å². The molecule has 128 valence electrons. The van der Waals surface area contributed by atoms with Crippen LogP contribution in [0, 0.1) is 5.82 Å². The Morgan fingerprint density at radius 2 is 1.79 bits per heavy atom. The van der Waals surface area contributed by atoms with Crippen LogP contribution in [0.1, 0.15) is 10.4 Å². The summed E-state index contributed by atoms with van der Waals surface area (Å²) in [6, 6.07) is 7.57. The lowest BCUT2D eigenvalue weighted by Gasteiger charge is -2.14. The Kier molecular flexibility index (Phi) is 5.49. The summed E-state index contributed by atoms with van der Waals surface area (Å²) >= 11 is 11.6. The van der Waals surface area contributed by atoms with Crippen LogP contribution >= 0.6 is 23.2 Å². The van der Waals surface area contributed by atoms with Crippen molar-refractivity contribution in [1.82, 2.24) is 4.31 Å². The number of halogens is 3. The lowest BCUT2D eigenvalue weighted by atomic mass is 10.2. The van der Waals surface area contributed by atoms with E-state index in [9.17, 15) is 17.6 Å². The zero-order chi connectivity index (χ0) is 18.1. The SMILES string of the molecule is CN(C)S(=O)(=O)c1cc(C(=O)Nc2ccc(Cl)cc2F)ccc1Cl. The maximum absolute atomic E-state index is 13.7. The smallest absolute Gasteiger partial charge is 0.255 e. The highest BCUT2D eigenvalue weighted by Crippen LogP contribution is 2.26. The molecule has 2 aromatic carbocycles. The third-order valence-electron chi connectivity index (χ3n) is 3.13. The molecule has 24 heavy (non-hydrogen) atoms. The Hall–Kier alpha value is -1.67. The van der Waals surface area contributed by atoms with Crippen molar-refractivity contribution in [2.24, 2.45) is 0 Å². The Morgan fingerprint density at radius 1 is 1.12 bits per heavy atom. The van der Waals surface area contributed by atoms with E-state index in [1.807, 2.05) is 0 Å². The molecule has 0 radical (unpaired) electrons. The van der Waals surface area contributed by atoms with Crippen molar-refractivity contribution in [3.63, 3.8) is 0 Å². The van der Waals surface area contributed by atoms with Crippen LogP contribution in [0.15, 0.2) is 41.3 Å². The minimum Gasteiger partial charge on any atom is -0.319 e. The van der Waals surface area contributed by atoms with Crippen molar-refractivity contribution in [3.05, 3.63) is 57.8 Å². The molecule has 0 aliphatic carbocycles. The maximum Gasteiger partial charge on any atom is 0.255 e. The van der Waals surface area contributed by atoms with Gasteiger partial charge in [-0.2, -0.15) is 0 Å². The van der Waals surface area contributed by atoms with Crippen molar-refractivity contribution in [2.45, 2.75) is 4.90 Å². The number of benzene rings is 2. The van der Waals surface area contributed by atoms with E-state index >= 15 is 0 Å². The molecule has 0 saturated heterocycles. The number of anilines is 1. The van der Waals surface area contributed by atoms with Gasteiger partial charge in [-0.15, -0.1) is 0 Å². The number of hydrogen-bond acceptors (Lipinski definition) is 3. The molecule has 0 aromatic heterocycles. The maximum atomic E-state index is 13.7. The largest absolute Gasteiger partial charge is 0.319 e. The number of rotatable bonds is 4. The van der Waals surface area contributed by atoms with Gasteiger partial charge in [0.15, 0.2) is 0 Å². The summed E-state index contributed by atoms with van der Waals surface area (Å²) in [4.78, 5) is 12.0. The molecular weight excluding hydrogens is 378 g/mol. The molecule has 0 bridgehead atoms. The Balaban J connectivity index is 2.37. The standard InChI is InChI=1S/C15H13Cl2FN2O3S/c1-20(2)24(22,23)14-7-9(3-5-11(14)17)15(21)19-13-6-4-10(16)8-12(13)18/h3-8H,1-2H3,(H,19,21). The highest BCUT2D eigenvalue weighted by Gasteiger charge is 2.22. The fourth-order valence-corrected chi connectivity index (χ4v) is 3.38. The van der Waals surface area contributed by atoms with Crippen LogP contribution in [-0.2, 0) is 10.0 Å². The molecule has 2 rings (SSSR count). The second kappa shape index (κ2) is 7.06. The van der Waals surface area contributed by atoms with E-state index in [-0.39, 0.29) is 26.2 Å². The van der Waals surface area contributed by atoms with Gasteiger partial charge in [-0.1, -0.05) is 23.2 Å². The highest BCUT2D eigenvalue weighted by atomic mass is 35.5. The summed E-state index contributed by atoms with van der Waals surface area (Å²) in [5, 5.41) is 2.53. The number of carbonyl (C=O) groups excluding carboxylic acids is 1. The number of hydrogen-bond donors (Lipinski definition) is 1. The van der Waals surface area contributed by atoms with Crippen LogP contribution in [0.4, 0.5) is 10.1 Å². The summed E-state index contributed by atoms with van der Waals surface area (Å²) in [5.74, 6) is -1.38. The third kappa shape index (κ3) is 3.87. The molecule has 0 fully saturated rings. The van der Waals surface area contributed by atoms with Crippen LogP contribution in [0.2, 0.25) is 10.0 Å². The zero-order valence-corrected chi connectivity index (χ0v) is 15.0. The molecule has 9 heteroatoms. The molecule has 2 aromatic rings. The van der Waals surface area contributed by atoms with E-state index in [1.165, 1.54) is 38.4 Å². The molecular formula is C15H13Cl2FN2O3S. The van der Waals surface area contributed by atoms with Crippen molar-refractivity contribution in [2.75, 3.05) is 19.4 Å².